The molecule has 0 saturated carbocycles. The predicted octanol–water partition coefficient (Wildman–Crippen LogP) is 4.84. The molecule has 2 aromatic carbocycles. The zero-order valence-electron chi connectivity index (χ0n) is 20.4. The molecule has 0 unspecified atom stereocenters. The van der Waals surface area contributed by atoms with Gasteiger partial charge in [-0.25, -0.2) is 4.98 Å². The third kappa shape index (κ3) is 4.39. The fraction of sp³-hybridized carbons (Fsp3) is 0.379. The number of likely N-dealkylation sites (tertiary alicyclic amines) is 1. The molecule has 6 heteroatoms. The molecule has 0 bridgehead atoms. The summed E-state index contributed by atoms with van der Waals surface area (Å²) in [5.41, 5.74) is 2.96. The highest BCUT2D eigenvalue weighted by Gasteiger charge is 2.31. The van der Waals surface area contributed by atoms with Gasteiger partial charge in [0.25, 0.3) is 5.91 Å². The summed E-state index contributed by atoms with van der Waals surface area (Å²) < 4.78 is 0. The first kappa shape index (κ1) is 22.1. The summed E-state index contributed by atoms with van der Waals surface area (Å²) in [5.74, 6) is 1.25. The number of pyridine rings is 1. The number of hydrogen-bond donors (Lipinski definition) is 1. The molecular weight excluding hydrogens is 434 g/mol. The van der Waals surface area contributed by atoms with E-state index in [0.29, 0.717) is 11.7 Å². The largest absolute Gasteiger partial charge is 0.354 e. The van der Waals surface area contributed by atoms with Crippen molar-refractivity contribution in [3.05, 3.63) is 72.1 Å². The van der Waals surface area contributed by atoms with Gasteiger partial charge in [0.2, 0.25) is 0 Å². The van der Waals surface area contributed by atoms with Gasteiger partial charge in [0, 0.05) is 67.8 Å². The topological polar surface area (TPSA) is 55.5 Å². The van der Waals surface area contributed by atoms with Gasteiger partial charge in [-0.2, -0.15) is 0 Å². The van der Waals surface area contributed by atoms with Gasteiger partial charge in [0.15, 0.2) is 0 Å². The Kier molecular flexibility index (Phi) is 5.90. The number of carbonyl (C=O) groups is 1. The minimum absolute atomic E-state index is 0.146. The van der Waals surface area contributed by atoms with Crippen LogP contribution in [0.5, 0.6) is 0 Å². The van der Waals surface area contributed by atoms with Crippen LogP contribution in [0.1, 0.15) is 35.3 Å². The summed E-state index contributed by atoms with van der Waals surface area (Å²) in [6.07, 6.45) is 5.16. The Labute approximate surface area is 206 Å². The highest BCUT2D eigenvalue weighted by molar-refractivity contribution is 5.98. The molecule has 2 aromatic heterocycles. The molecule has 180 valence electrons. The molecular formula is C29H33N5O. The molecule has 1 atom stereocenters. The maximum absolute atomic E-state index is 13.3. The van der Waals surface area contributed by atoms with Crippen molar-refractivity contribution in [3.8, 4) is 0 Å². The van der Waals surface area contributed by atoms with Crippen molar-refractivity contribution in [3.63, 3.8) is 0 Å². The van der Waals surface area contributed by atoms with E-state index < -0.39 is 0 Å². The smallest absolute Gasteiger partial charge is 0.270 e. The second-order valence-electron chi connectivity index (χ2n) is 10.0. The number of fused-ring (bicyclic) bond motifs is 2. The lowest BCUT2D eigenvalue weighted by Crippen LogP contribution is -2.48. The van der Waals surface area contributed by atoms with Crippen LogP contribution in [-0.4, -0.2) is 71.0 Å². The van der Waals surface area contributed by atoms with E-state index in [-0.39, 0.29) is 5.91 Å². The molecule has 2 aliphatic rings. The Bertz CT molecular complexity index is 1350. The second-order valence-corrected chi connectivity index (χ2v) is 10.0. The Balaban J connectivity index is 1.06. The average Bonchev–Trinajstić information content (AvgIpc) is 3.54. The number of rotatable bonds is 5. The van der Waals surface area contributed by atoms with Crippen molar-refractivity contribution in [2.75, 3.05) is 44.2 Å². The number of aromatic nitrogens is 2. The monoisotopic (exact) mass is 467 g/mol. The normalized spacial score (nSPS) is 19.2. The fourth-order valence-corrected chi connectivity index (χ4v) is 5.78. The number of hydrogen-bond acceptors (Lipinski definition) is 4. The maximum atomic E-state index is 13.3. The van der Waals surface area contributed by atoms with Gasteiger partial charge in [-0.05, 0) is 55.3 Å². The lowest BCUT2D eigenvalue weighted by atomic mass is 10.1. The molecule has 0 radical (unpaired) electrons. The number of amides is 1. The maximum Gasteiger partial charge on any atom is 0.270 e. The molecule has 0 spiro atoms. The summed E-state index contributed by atoms with van der Waals surface area (Å²) in [6.45, 7) is 8.03. The average molecular weight is 468 g/mol. The van der Waals surface area contributed by atoms with E-state index in [0.717, 1.165) is 75.3 Å². The Morgan fingerprint density at radius 1 is 1.00 bits per heavy atom. The van der Waals surface area contributed by atoms with Crippen LogP contribution in [0.2, 0.25) is 0 Å². The fourth-order valence-electron chi connectivity index (χ4n) is 5.78. The van der Waals surface area contributed by atoms with E-state index in [1.165, 1.54) is 16.3 Å². The van der Waals surface area contributed by atoms with Crippen molar-refractivity contribution in [2.24, 2.45) is 0 Å². The summed E-state index contributed by atoms with van der Waals surface area (Å²) in [4.78, 5) is 28.5. The van der Waals surface area contributed by atoms with Crippen LogP contribution in [0.15, 0.2) is 60.8 Å². The summed E-state index contributed by atoms with van der Waals surface area (Å²) in [5, 5.41) is 3.58. The third-order valence-corrected chi connectivity index (χ3v) is 7.75. The number of H-pyrrole nitrogens is 1. The minimum Gasteiger partial charge on any atom is -0.354 e. The van der Waals surface area contributed by atoms with E-state index >= 15 is 0 Å². The molecule has 1 N–H and O–H groups in total. The molecule has 35 heavy (non-hydrogen) atoms. The van der Waals surface area contributed by atoms with Crippen molar-refractivity contribution < 1.29 is 4.79 Å². The van der Waals surface area contributed by atoms with Crippen LogP contribution in [0, 0.1) is 6.92 Å². The molecule has 4 aromatic rings. The number of aryl methyl sites for hydroxylation is 1. The van der Waals surface area contributed by atoms with Gasteiger partial charge in [0.1, 0.15) is 11.5 Å². The number of anilines is 1. The summed E-state index contributed by atoms with van der Waals surface area (Å²) >= 11 is 0. The second kappa shape index (κ2) is 9.34. The summed E-state index contributed by atoms with van der Waals surface area (Å²) in [7, 11) is 0. The zero-order chi connectivity index (χ0) is 23.8. The lowest BCUT2D eigenvalue weighted by Gasteiger charge is -2.36. The highest BCUT2D eigenvalue weighted by Crippen LogP contribution is 2.27. The van der Waals surface area contributed by atoms with Gasteiger partial charge in [-0.15, -0.1) is 0 Å². The molecule has 4 heterocycles. The van der Waals surface area contributed by atoms with Crippen molar-refractivity contribution >= 4 is 33.4 Å². The van der Waals surface area contributed by atoms with Crippen molar-refractivity contribution in [2.45, 2.75) is 32.2 Å². The Hall–Kier alpha value is -3.38. The third-order valence-electron chi connectivity index (χ3n) is 7.75. The molecule has 2 aliphatic heterocycles. The van der Waals surface area contributed by atoms with Crippen LogP contribution >= 0.6 is 0 Å². The van der Waals surface area contributed by atoms with Gasteiger partial charge < -0.3 is 14.8 Å². The standard InChI is InChI=1S/C29H33N5O/c1-21-8-9-23-20-27(31-26(23)19-21)29(35)34-13-4-6-24(34)11-14-32-15-17-33(18-16-32)28-25-7-3-2-5-22(25)10-12-30-28/h2-3,5,7-10,12,19-20,24,31H,4,6,11,13-18H2,1H3/t24-/m0/s1. The van der Waals surface area contributed by atoms with Crippen LogP contribution in [0.25, 0.3) is 21.7 Å². The number of aromatic amines is 1. The molecule has 1 amide bonds. The van der Waals surface area contributed by atoms with E-state index in [9.17, 15) is 4.79 Å². The van der Waals surface area contributed by atoms with Crippen molar-refractivity contribution in [1.82, 2.24) is 19.8 Å². The Morgan fingerprint density at radius 2 is 1.86 bits per heavy atom. The van der Waals surface area contributed by atoms with Gasteiger partial charge in [0.05, 0.1) is 0 Å². The van der Waals surface area contributed by atoms with Crippen LogP contribution in [0.3, 0.4) is 0 Å². The minimum atomic E-state index is 0.146. The van der Waals surface area contributed by atoms with Crippen LogP contribution in [0.4, 0.5) is 5.82 Å². The predicted molar refractivity (Wildman–Crippen MR) is 142 cm³/mol. The zero-order valence-corrected chi connectivity index (χ0v) is 20.4. The molecule has 6 rings (SSSR count). The molecule has 6 nitrogen and oxygen atoms in total. The van der Waals surface area contributed by atoms with E-state index in [4.69, 9.17) is 4.98 Å². The lowest BCUT2D eigenvalue weighted by molar-refractivity contribution is 0.0715. The van der Waals surface area contributed by atoms with E-state index in [2.05, 4.69) is 75.1 Å². The number of carbonyl (C=O) groups excluding carboxylic acids is 1. The quantitative estimate of drug-likeness (QED) is 0.456. The van der Waals surface area contributed by atoms with Gasteiger partial charge >= 0.3 is 0 Å². The Morgan fingerprint density at radius 3 is 2.74 bits per heavy atom. The highest BCUT2D eigenvalue weighted by atomic mass is 16.2. The number of nitrogens with zero attached hydrogens (tertiary/aromatic N) is 4. The molecule has 2 fully saturated rings. The first-order valence-corrected chi connectivity index (χ1v) is 12.9. The molecule has 2 saturated heterocycles. The van der Waals surface area contributed by atoms with Gasteiger partial charge in [-0.1, -0.05) is 36.4 Å². The van der Waals surface area contributed by atoms with Crippen LogP contribution in [-0.2, 0) is 0 Å². The number of nitrogens with one attached hydrogen (secondary N) is 1. The van der Waals surface area contributed by atoms with Crippen LogP contribution < -0.4 is 4.90 Å². The first-order chi connectivity index (χ1) is 17.2. The first-order valence-electron chi connectivity index (χ1n) is 12.9. The number of piperazine rings is 1. The summed E-state index contributed by atoms with van der Waals surface area (Å²) in [6, 6.07) is 19.2. The SMILES string of the molecule is Cc1ccc2cc(C(=O)N3CCC[C@H]3CCN3CCN(c4nccc5ccccc45)CC3)[nH]c2c1. The van der Waals surface area contributed by atoms with E-state index in [1.54, 1.807) is 0 Å². The van der Waals surface area contributed by atoms with Crippen molar-refractivity contribution in [1.29, 1.82) is 0 Å². The number of benzene rings is 2. The van der Waals surface area contributed by atoms with Gasteiger partial charge in [-0.3, -0.25) is 9.69 Å². The molecule has 0 aliphatic carbocycles. The van der Waals surface area contributed by atoms with E-state index in [1.807, 2.05) is 12.3 Å².